The number of hydrogen-bond donors (Lipinski definition) is 2. The van der Waals surface area contributed by atoms with Gasteiger partial charge in [-0.05, 0) is 56.4 Å². The van der Waals surface area contributed by atoms with Gasteiger partial charge in [-0.15, -0.1) is 0 Å². The van der Waals surface area contributed by atoms with Crippen molar-refractivity contribution >= 4 is 39.6 Å². The summed E-state index contributed by atoms with van der Waals surface area (Å²) in [6.07, 6.45) is 4.25. The van der Waals surface area contributed by atoms with Crippen molar-refractivity contribution in [3.63, 3.8) is 0 Å². The fraction of sp³-hybridized carbons (Fsp3) is 0.429. The first kappa shape index (κ1) is 20.5. The highest BCUT2D eigenvalue weighted by Crippen LogP contribution is 2.32. The Kier molecular flexibility index (Phi) is 6.15. The van der Waals surface area contributed by atoms with E-state index in [4.69, 9.17) is 8.83 Å². The standard InChI is InChI=1S/C21H25NO5S/c1-11-10-26-19-13(3)20-16(7-15(11)19)12(2)17(21(25)27-20)8-18(24)22-14(9-23)5-6-28-4/h7,10,14,23H,5-6,8-9H2,1-4H3,(H,22,24)/t14-/m0/s1. The number of aliphatic hydroxyl groups is 1. The van der Waals surface area contributed by atoms with Crippen molar-refractivity contribution in [3.8, 4) is 0 Å². The van der Waals surface area contributed by atoms with E-state index in [1.54, 1.807) is 18.0 Å². The largest absolute Gasteiger partial charge is 0.464 e. The van der Waals surface area contributed by atoms with Crippen LogP contribution in [0.15, 0.2) is 26.0 Å². The summed E-state index contributed by atoms with van der Waals surface area (Å²) in [5.74, 6) is 0.536. The van der Waals surface area contributed by atoms with Crippen LogP contribution in [0.2, 0.25) is 0 Å². The van der Waals surface area contributed by atoms with Crippen molar-refractivity contribution in [2.75, 3.05) is 18.6 Å². The molecular weight excluding hydrogens is 378 g/mol. The molecule has 0 aliphatic rings. The average Bonchev–Trinajstić information content (AvgIpc) is 3.04. The number of fused-ring (bicyclic) bond motifs is 2. The zero-order chi connectivity index (χ0) is 20.4. The highest BCUT2D eigenvalue weighted by atomic mass is 32.2. The third-order valence-electron chi connectivity index (χ3n) is 5.13. The van der Waals surface area contributed by atoms with Gasteiger partial charge in [0.05, 0.1) is 30.9 Å². The number of amides is 1. The summed E-state index contributed by atoms with van der Waals surface area (Å²) in [6, 6.07) is 1.63. The van der Waals surface area contributed by atoms with Crippen LogP contribution in [-0.4, -0.2) is 35.7 Å². The minimum Gasteiger partial charge on any atom is -0.464 e. The van der Waals surface area contributed by atoms with E-state index in [1.807, 2.05) is 33.1 Å². The summed E-state index contributed by atoms with van der Waals surface area (Å²) >= 11 is 1.65. The maximum atomic E-state index is 12.6. The van der Waals surface area contributed by atoms with E-state index in [0.717, 1.165) is 33.2 Å². The normalized spacial score (nSPS) is 12.6. The lowest BCUT2D eigenvalue weighted by atomic mass is 9.99. The molecule has 0 saturated heterocycles. The summed E-state index contributed by atoms with van der Waals surface area (Å²) in [5.41, 5.74) is 3.52. The molecule has 0 aliphatic heterocycles. The van der Waals surface area contributed by atoms with Crippen LogP contribution >= 0.6 is 11.8 Å². The van der Waals surface area contributed by atoms with Crippen LogP contribution in [0.25, 0.3) is 21.9 Å². The number of benzene rings is 1. The minimum atomic E-state index is -0.518. The van der Waals surface area contributed by atoms with Gasteiger partial charge in [-0.3, -0.25) is 4.79 Å². The summed E-state index contributed by atoms with van der Waals surface area (Å²) in [7, 11) is 0. The molecule has 0 aliphatic carbocycles. The number of thioether (sulfide) groups is 1. The maximum absolute atomic E-state index is 12.6. The molecule has 0 spiro atoms. The van der Waals surface area contributed by atoms with E-state index in [9.17, 15) is 14.7 Å². The molecular formula is C21H25NO5S. The fourth-order valence-electron chi connectivity index (χ4n) is 3.43. The SMILES string of the molecule is CSCC[C@@H](CO)NC(=O)Cc1c(C)c2cc3c(C)coc3c(C)c2oc1=O. The third-order valence-corrected chi connectivity index (χ3v) is 5.77. The lowest BCUT2D eigenvalue weighted by Crippen LogP contribution is -2.39. The predicted octanol–water partition coefficient (Wildman–Crippen LogP) is 3.24. The average molecular weight is 404 g/mol. The van der Waals surface area contributed by atoms with Crippen LogP contribution in [0.4, 0.5) is 0 Å². The number of carbonyl (C=O) groups is 1. The Hall–Kier alpha value is -2.25. The molecule has 150 valence electrons. The quantitative estimate of drug-likeness (QED) is 0.589. The topological polar surface area (TPSA) is 92.7 Å². The van der Waals surface area contributed by atoms with Gasteiger partial charge in [-0.25, -0.2) is 4.79 Å². The number of carbonyl (C=O) groups excluding carboxylic acids is 1. The monoisotopic (exact) mass is 403 g/mol. The van der Waals surface area contributed by atoms with E-state index in [2.05, 4.69) is 5.32 Å². The second-order valence-electron chi connectivity index (χ2n) is 7.07. The molecule has 0 bridgehead atoms. The Labute approximate surface area is 167 Å². The number of hydrogen-bond acceptors (Lipinski definition) is 6. The first-order chi connectivity index (χ1) is 13.4. The number of nitrogens with one attached hydrogen (secondary N) is 1. The second-order valence-corrected chi connectivity index (χ2v) is 8.06. The molecule has 2 N–H and O–H groups in total. The molecule has 7 heteroatoms. The van der Waals surface area contributed by atoms with Crippen LogP contribution in [0.1, 0.15) is 28.7 Å². The summed E-state index contributed by atoms with van der Waals surface area (Å²) < 4.78 is 11.2. The smallest absolute Gasteiger partial charge is 0.340 e. The Bertz CT molecular complexity index is 1080. The van der Waals surface area contributed by atoms with Gasteiger partial charge in [0.1, 0.15) is 11.2 Å². The molecule has 28 heavy (non-hydrogen) atoms. The molecule has 0 unspecified atom stereocenters. The molecule has 2 aromatic heterocycles. The van der Waals surface area contributed by atoms with Crippen LogP contribution in [-0.2, 0) is 11.2 Å². The number of furan rings is 1. The van der Waals surface area contributed by atoms with Gasteiger partial charge in [-0.1, -0.05) is 0 Å². The third kappa shape index (κ3) is 3.82. The number of rotatable bonds is 7. The molecule has 0 radical (unpaired) electrons. The molecule has 3 aromatic rings. The van der Waals surface area contributed by atoms with Crippen molar-refractivity contribution in [2.24, 2.45) is 0 Å². The molecule has 0 saturated carbocycles. The lowest BCUT2D eigenvalue weighted by molar-refractivity contribution is -0.121. The van der Waals surface area contributed by atoms with E-state index >= 15 is 0 Å². The highest BCUT2D eigenvalue weighted by molar-refractivity contribution is 7.98. The van der Waals surface area contributed by atoms with Crippen LogP contribution in [0.5, 0.6) is 0 Å². The van der Waals surface area contributed by atoms with Gasteiger partial charge in [0, 0.05) is 16.3 Å². The van der Waals surface area contributed by atoms with Crippen LogP contribution in [0, 0.1) is 20.8 Å². The second kappa shape index (κ2) is 8.41. The van der Waals surface area contributed by atoms with Crippen molar-refractivity contribution in [1.29, 1.82) is 0 Å². The zero-order valence-electron chi connectivity index (χ0n) is 16.5. The van der Waals surface area contributed by atoms with Gasteiger partial charge >= 0.3 is 5.63 Å². The van der Waals surface area contributed by atoms with E-state index in [-0.39, 0.29) is 25.0 Å². The molecule has 1 amide bonds. The van der Waals surface area contributed by atoms with Gasteiger partial charge in [0.2, 0.25) is 5.91 Å². The Morgan fingerprint density at radius 3 is 2.64 bits per heavy atom. The van der Waals surface area contributed by atoms with Gasteiger partial charge in [0.25, 0.3) is 0 Å². The first-order valence-corrected chi connectivity index (χ1v) is 10.6. The Balaban J connectivity index is 1.97. The Morgan fingerprint density at radius 1 is 1.21 bits per heavy atom. The summed E-state index contributed by atoms with van der Waals surface area (Å²) in [6.45, 7) is 5.53. The molecule has 3 rings (SSSR count). The summed E-state index contributed by atoms with van der Waals surface area (Å²) in [5, 5.41) is 14.0. The first-order valence-electron chi connectivity index (χ1n) is 9.20. The minimum absolute atomic E-state index is 0.0820. The van der Waals surface area contributed by atoms with E-state index in [1.165, 1.54) is 0 Å². The van der Waals surface area contributed by atoms with Gasteiger partial charge < -0.3 is 19.3 Å². The Morgan fingerprint density at radius 2 is 1.96 bits per heavy atom. The van der Waals surface area contributed by atoms with E-state index in [0.29, 0.717) is 23.2 Å². The van der Waals surface area contributed by atoms with Gasteiger partial charge in [-0.2, -0.15) is 11.8 Å². The predicted molar refractivity (Wildman–Crippen MR) is 112 cm³/mol. The fourth-order valence-corrected chi connectivity index (χ4v) is 3.95. The van der Waals surface area contributed by atoms with Crippen molar-refractivity contribution in [3.05, 3.63) is 45.0 Å². The van der Waals surface area contributed by atoms with Gasteiger partial charge in [0.15, 0.2) is 0 Å². The number of aliphatic hydroxyl groups excluding tert-OH is 1. The maximum Gasteiger partial charge on any atom is 0.340 e. The number of aryl methyl sites for hydroxylation is 3. The summed E-state index contributed by atoms with van der Waals surface area (Å²) in [4.78, 5) is 25.0. The van der Waals surface area contributed by atoms with Crippen molar-refractivity contribution < 1.29 is 18.7 Å². The highest BCUT2D eigenvalue weighted by Gasteiger charge is 2.20. The molecule has 1 aromatic carbocycles. The molecule has 1 atom stereocenters. The molecule has 0 fully saturated rings. The van der Waals surface area contributed by atoms with Crippen molar-refractivity contribution in [1.82, 2.24) is 5.32 Å². The lowest BCUT2D eigenvalue weighted by Gasteiger charge is -2.16. The molecule has 6 nitrogen and oxygen atoms in total. The zero-order valence-corrected chi connectivity index (χ0v) is 17.4. The van der Waals surface area contributed by atoms with Crippen LogP contribution < -0.4 is 10.9 Å². The molecule has 2 heterocycles. The van der Waals surface area contributed by atoms with E-state index < -0.39 is 5.63 Å². The van der Waals surface area contributed by atoms with Crippen molar-refractivity contribution in [2.45, 2.75) is 39.7 Å². The van der Waals surface area contributed by atoms with Crippen LogP contribution in [0.3, 0.4) is 0 Å².